The van der Waals surface area contributed by atoms with Crippen molar-refractivity contribution in [3.05, 3.63) is 65.7 Å². The molecular weight excluding hydrogens is 258 g/mol. The van der Waals surface area contributed by atoms with E-state index in [1.165, 1.54) is 11.1 Å². The third kappa shape index (κ3) is 6.01. The second kappa shape index (κ2) is 8.48. The molecule has 0 aromatic heterocycles. The van der Waals surface area contributed by atoms with Crippen molar-refractivity contribution >= 4 is 0 Å². The maximum absolute atomic E-state index is 5.73. The minimum atomic E-state index is 0.687. The second-order valence-corrected chi connectivity index (χ2v) is 5.76. The number of hydrogen-bond donors (Lipinski definition) is 1. The van der Waals surface area contributed by atoms with Gasteiger partial charge < -0.3 is 10.1 Å². The highest BCUT2D eigenvalue weighted by Gasteiger charge is 1.98. The molecule has 0 heterocycles. The Hall–Kier alpha value is -1.80. The fourth-order valence-electron chi connectivity index (χ4n) is 2.06. The standard InChI is InChI=1S/C19H25NO/c1-16(2)12-13-21-19-10-8-18(9-11-19)15-20-14-17-6-4-3-5-7-17/h3-11,16,20H,12-15H2,1-2H3. The minimum Gasteiger partial charge on any atom is -0.494 e. The smallest absolute Gasteiger partial charge is 0.119 e. The molecule has 112 valence electrons. The molecule has 0 bridgehead atoms. The lowest BCUT2D eigenvalue weighted by molar-refractivity contribution is 0.289. The van der Waals surface area contributed by atoms with E-state index in [0.29, 0.717) is 5.92 Å². The molecule has 0 aliphatic heterocycles. The van der Waals surface area contributed by atoms with E-state index in [-0.39, 0.29) is 0 Å². The summed E-state index contributed by atoms with van der Waals surface area (Å²) in [7, 11) is 0. The van der Waals surface area contributed by atoms with Crippen LogP contribution in [0.25, 0.3) is 0 Å². The Morgan fingerprint density at radius 1 is 0.857 bits per heavy atom. The molecule has 0 radical (unpaired) electrons. The van der Waals surface area contributed by atoms with Crippen LogP contribution in [0.3, 0.4) is 0 Å². The number of rotatable bonds is 8. The Bertz CT molecular complexity index is 505. The molecule has 2 aromatic rings. The van der Waals surface area contributed by atoms with Gasteiger partial charge in [-0.15, -0.1) is 0 Å². The molecular formula is C19H25NO. The Labute approximate surface area is 128 Å². The van der Waals surface area contributed by atoms with E-state index in [1.54, 1.807) is 0 Å². The van der Waals surface area contributed by atoms with Gasteiger partial charge in [-0.05, 0) is 35.6 Å². The van der Waals surface area contributed by atoms with Crippen molar-refractivity contribution in [3.8, 4) is 5.75 Å². The summed E-state index contributed by atoms with van der Waals surface area (Å²) in [4.78, 5) is 0. The molecule has 2 aromatic carbocycles. The average Bonchev–Trinajstić information content (AvgIpc) is 2.50. The molecule has 2 heteroatoms. The zero-order valence-corrected chi connectivity index (χ0v) is 13.0. The van der Waals surface area contributed by atoms with Gasteiger partial charge in [-0.25, -0.2) is 0 Å². The zero-order chi connectivity index (χ0) is 14.9. The van der Waals surface area contributed by atoms with Crippen molar-refractivity contribution < 1.29 is 4.74 Å². The van der Waals surface area contributed by atoms with E-state index in [2.05, 4.69) is 67.7 Å². The van der Waals surface area contributed by atoms with Crippen LogP contribution in [-0.4, -0.2) is 6.61 Å². The van der Waals surface area contributed by atoms with Crippen molar-refractivity contribution in [1.29, 1.82) is 0 Å². The summed E-state index contributed by atoms with van der Waals surface area (Å²) >= 11 is 0. The molecule has 0 spiro atoms. The predicted molar refractivity (Wildman–Crippen MR) is 88.4 cm³/mol. The molecule has 1 N–H and O–H groups in total. The first-order valence-electron chi connectivity index (χ1n) is 7.70. The maximum atomic E-state index is 5.73. The van der Waals surface area contributed by atoms with Gasteiger partial charge in [0.05, 0.1) is 6.61 Å². The lowest BCUT2D eigenvalue weighted by atomic mass is 10.1. The fourth-order valence-corrected chi connectivity index (χ4v) is 2.06. The Balaban J connectivity index is 1.72. The highest BCUT2D eigenvalue weighted by Crippen LogP contribution is 2.13. The molecule has 0 unspecified atom stereocenters. The third-order valence-electron chi connectivity index (χ3n) is 3.39. The molecule has 0 fully saturated rings. The largest absolute Gasteiger partial charge is 0.494 e. The molecule has 0 aliphatic rings. The molecule has 0 aliphatic carbocycles. The van der Waals surface area contributed by atoms with Crippen LogP contribution in [0.1, 0.15) is 31.4 Å². The van der Waals surface area contributed by atoms with Crippen molar-refractivity contribution in [2.24, 2.45) is 5.92 Å². The predicted octanol–water partition coefficient (Wildman–Crippen LogP) is 4.40. The van der Waals surface area contributed by atoms with E-state index >= 15 is 0 Å². The maximum Gasteiger partial charge on any atom is 0.119 e. The molecule has 2 rings (SSSR count). The van der Waals surface area contributed by atoms with Crippen molar-refractivity contribution in [3.63, 3.8) is 0 Å². The number of benzene rings is 2. The van der Waals surface area contributed by atoms with Crippen LogP contribution < -0.4 is 10.1 Å². The monoisotopic (exact) mass is 283 g/mol. The highest BCUT2D eigenvalue weighted by molar-refractivity contribution is 5.27. The normalized spacial score (nSPS) is 10.8. The Morgan fingerprint density at radius 2 is 1.48 bits per heavy atom. The quantitative estimate of drug-likeness (QED) is 0.775. The van der Waals surface area contributed by atoms with Crippen LogP contribution in [0.2, 0.25) is 0 Å². The van der Waals surface area contributed by atoms with Crippen LogP contribution in [0, 0.1) is 5.92 Å². The first-order valence-corrected chi connectivity index (χ1v) is 7.70. The summed E-state index contributed by atoms with van der Waals surface area (Å²) in [6, 6.07) is 18.8. The molecule has 0 saturated carbocycles. The minimum absolute atomic E-state index is 0.687. The number of hydrogen-bond acceptors (Lipinski definition) is 2. The van der Waals surface area contributed by atoms with Crippen LogP contribution >= 0.6 is 0 Å². The van der Waals surface area contributed by atoms with Crippen molar-refractivity contribution in [2.75, 3.05) is 6.61 Å². The first kappa shape index (κ1) is 15.6. The summed E-state index contributed by atoms with van der Waals surface area (Å²) in [5.74, 6) is 1.65. The van der Waals surface area contributed by atoms with Gasteiger partial charge in [-0.3, -0.25) is 0 Å². The SMILES string of the molecule is CC(C)CCOc1ccc(CNCc2ccccc2)cc1. The molecule has 0 saturated heterocycles. The van der Waals surface area contributed by atoms with E-state index in [9.17, 15) is 0 Å². The van der Waals surface area contributed by atoms with Gasteiger partial charge >= 0.3 is 0 Å². The fraction of sp³-hybridized carbons (Fsp3) is 0.368. The van der Waals surface area contributed by atoms with Gasteiger partial charge in [0, 0.05) is 13.1 Å². The number of ether oxygens (including phenoxy) is 1. The molecule has 0 amide bonds. The van der Waals surface area contributed by atoms with Gasteiger partial charge in [-0.2, -0.15) is 0 Å². The van der Waals surface area contributed by atoms with Gasteiger partial charge in [0.25, 0.3) is 0 Å². The summed E-state index contributed by atoms with van der Waals surface area (Å²) in [5, 5.41) is 3.45. The Kier molecular flexibility index (Phi) is 6.29. The van der Waals surface area contributed by atoms with Crippen LogP contribution in [0.4, 0.5) is 0 Å². The van der Waals surface area contributed by atoms with Crippen molar-refractivity contribution in [2.45, 2.75) is 33.4 Å². The zero-order valence-electron chi connectivity index (χ0n) is 13.0. The summed E-state index contributed by atoms with van der Waals surface area (Å²) in [6.45, 7) is 6.99. The summed E-state index contributed by atoms with van der Waals surface area (Å²) in [6.07, 6.45) is 1.10. The van der Waals surface area contributed by atoms with Gasteiger partial charge in [0.2, 0.25) is 0 Å². The third-order valence-corrected chi connectivity index (χ3v) is 3.39. The Morgan fingerprint density at radius 3 is 2.10 bits per heavy atom. The second-order valence-electron chi connectivity index (χ2n) is 5.76. The van der Waals surface area contributed by atoms with Gasteiger partial charge in [0.15, 0.2) is 0 Å². The summed E-state index contributed by atoms with van der Waals surface area (Å²) < 4.78 is 5.73. The lowest BCUT2D eigenvalue weighted by Crippen LogP contribution is -2.12. The molecule has 21 heavy (non-hydrogen) atoms. The van der Waals surface area contributed by atoms with Crippen LogP contribution in [0.15, 0.2) is 54.6 Å². The molecule has 2 nitrogen and oxygen atoms in total. The van der Waals surface area contributed by atoms with Gasteiger partial charge in [0.1, 0.15) is 5.75 Å². The van der Waals surface area contributed by atoms with E-state index in [1.807, 2.05) is 6.07 Å². The highest BCUT2D eigenvalue weighted by atomic mass is 16.5. The van der Waals surface area contributed by atoms with Gasteiger partial charge in [-0.1, -0.05) is 56.3 Å². The first-order chi connectivity index (χ1) is 10.2. The van der Waals surface area contributed by atoms with E-state index in [4.69, 9.17) is 4.74 Å². The topological polar surface area (TPSA) is 21.3 Å². The number of nitrogens with one attached hydrogen (secondary N) is 1. The van der Waals surface area contributed by atoms with Crippen molar-refractivity contribution in [1.82, 2.24) is 5.32 Å². The molecule has 0 atom stereocenters. The average molecular weight is 283 g/mol. The van der Waals surface area contributed by atoms with Crippen LogP contribution in [0.5, 0.6) is 5.75 Å². The summed E-state index contributed by atoms with van der Waals surface area (Å²) in [5.41, 5.74) is 2.59. The van der Waals surface area contributed by atoms with E-state index < -0.39 is 0 Å². The lowest BCUT2D eigenvalue weighted by Gasteiger charge is -2.09. The van der Waals surface area contributed by atoms with Crippen LogP contribution in [-0.2, 0) is 13.1 Å². The van der Waals surface area contributed by atoms with E-state index in [0.717, 1.165) is 31.9 Å².